The first kappa shape index (κ1) is 26.5. The zero-order valence-electron chi connectivity index (χ0n) is 22.0. The molecule has 0 saturated carbocycles. The van der Waals surface area contributed by atoms with Crippen LogP contribution in [0.25, 0.3) is 0 Å². The number of amides is 1. The Bertz CT molecular complexity index is 1160. The van der Waals surface area contributed by atoms with Crippen molar-refractivity contribution in [1.82, 2.24) is 15.2 Å². The molecule has 0 bridgehead atoms. The lowest BCUT2D eigenvalue weighted by Gasteiger charge is -2.27. The van der Waals surface area contributed by atoms with Crippen LogP contribution in [0, 0.1) is 5.41 Å². The Kier molecular flexibility index (Phi) is 9.01. The van der Waals surface area contributed by atoms with Gasteiger partial charge in [0, 0.05) is 24.8 Å². The maximum atomic E-state index is 12.9. The number of para-hydroxylation sites is 2. The van der Waals surface area contributed by atoms with E-state index in [-0.39, 0.29) is 11.3 Å². The van der Waals surface area contributed by atoms with Crippen LogP contribution in [0.5, 0.6) is 23.1 Å². The summed E-state index contributed by atoms with van der Waals surface area (Å²) in [5, 5.41) is 3.06. The van der Waals surface area contributed by atoms with Gasteiger partial charge in [-0.3, -0.25) is 9.69 Å². The standard InChI is InChI=1S/C30H37N3O4/c1-4-35-25-14-12-23(13-15-25)19-32-28(34)21-33-18-8-16-30(2,3)22-36-26-10-5-6-11-27(26)37-29-24(20-33)9-7-17-31-29/h5-7,9-15,17H,4,8,16,18-22H2,1-3H3,(H,32,34). The van der Waals surface area contributed by atoms with E-state index in [4.69, 9.17) is 14.2 Å². The Morgan fingerprint density at radius 2 is 1.86 bits per heavy atom. The Labute approximate surface area is 219 Å². The molecule has 4 rings (SSSR count). The van der Waals surface area contributed by atoms with Crippen LogP contribution in [0.4, 0.5) is 0 Å². The van der Waals surface area contributed by atoms with Crippen molar-refractivity contribution in [2.45, 2.75) is 46.7 Å². The molecule has 3 aromatic rings. The van der Waals surface area contributed by atoms with Crippen LogP contribution in [-0.2, 0) is 17.9 Å². The normalized spacial score (nSPS) is 15.9. The van der Waals surface area contributed by atoms with Crippen molar-refractivity contribution in [3.63, 3.8) is 0 Å². The third-order valence-electron chi connectivity index (χ3n) is 6.34. The fourth-order valence-corrected chi connectivity index (χ4v) is 4.31. The van der Waals surface area contributed by atoms with Crippen LogP contribution in [0.1, 0.15) is 44.7 Å². The van der Waals surface area contributed by atoms with Gasteiger partial charge in [-0.05, 0) is 67.6 Å². The van der Waals surface area contributed by atoms with Gasteiger partial charge in [0.15, 0.2) is 11.5 Å². The summed E-state index contributed by atoms with van der Waals surface area (Å²) in [6.45, 7) is 9.68. The molecule has 0 radical (unpaired) electrons. The molecule has 7 nitrogen and oxygen atoms in total. The monoisotopic (exact) mass is 503 g/mol. The number of aromatic nitrogens is 1. The van der Waals surface area contributed by atoms with E-state index >= 15 is 0 Å². The Balaban J connectivity index is 1.47. The molecule has 1 aliphatic rings. The minimum atomic E-state index is -0.0200. The molecule has 7 heteroatoms. The molecular weight excluding hydrogens is 466 g/mol. The molecule has 1 amide bonds. The van der Waals surface area contributed by atoms with E-state index in [0.29, 0.717) is 50.2 Å². The van der Waals surface area contributed by atoms with Gasteiger partial charge in [0.1, 0.15) is 5.75 Å². The number of pyridine rings is 1. The minimum absolute atomic E-state index is 0.0162. The van der Waals surface area contributed by atoms with Gasteiger partial charge in [-0.2, -0.15) is 0 Å². The quantitative estimate of drug-likeness (QED) is 0.473. The summed E-state index contributed by atoms with van der Waals surface area (Å²) in [7, 11) is 0. The Morgan fingerprint density at radius 3 is 2.65 bits per heavy atom. The van der Waals surface area contributed by atoms with Crippen LogP contribution in [-0.4, -0.2) is 42.1 Å². The van der Waals surface area contributed by atoms with E-state index in [9.17, 15) is 4.79 Å². The lowest BCUT2D eigenvalue weighted by atomic mass is 9.88. The Morgan fingerprint density at radius 1 is 1.08 bits per heavy atom. The molecule has 0 atom stereocenters. The number of hydrogen-bond donors (Lipinski definition) is 1. The fraction of sp³-hybridized carbons (Fsp3) is 0.400. The van der Waals surface area contributed by atoms with E-state index in [1.165, 1.54) is 0 Å². The number of hydrogen-bond acceptors (Lipinski definition) is 6. The summed E-state index contributed by atoms with van der Waals surface area (Å²) in [6.07, 6.45) is 3.64. The predicted octanol–water partition coefficient (Wildman–Crippen LogP) is 5.59. The Hall–Kier alpha value is -3.58. The number of carbonyl (C=O) groups excluding carboxylic acids is 1. The molecule has 37 heavy (non-hydrogen) atoms. The van der Waals surface area contributed by atoms with Gasteiger partial charge in [-0.25, -0.2) is 4.98 Å². The van der Waals surface area contributed by atoms with Crippen LogP contribution >= 0.6 is 0 Å². The maximum Gasteiger partial charge on any atom is 0.234 e. The van der Waals surface area contributed by atoms with Gasteiger partial charge in [0.2, 0.25) is 11.8 Å². The second-order valence-electron chi connectivity index (χ2n) is 10.1. The maximum absolute atomic E-state index is 12.9. The van der Waals surface area contributed by atoms with Crippen LogP contribution in [0.2, 0.25) is 0 Å². The van der Waals surface area contributed by atoms with Crippen molar-refractivity contribution in [1.29, 1.82) is 0 Å². The third-order valence-corrected chi connectivity index (χ3v) is 6.34. The summed E-state index contributed by atoms with van der Waals surface area (Å²) >= 11 is 0. The van der Waals surface area contributed by atoms with E-state index in [0.717, 1.165) is 36.3 Å². The van der Waals surface area contributed by atoms with Crippen LogP contribution in [0.15, 0.2) is 66.9 Å². The smallest absolute Gasteiger partial charge is 0.234 e. The van der Waals surface area contributed by atoms with Gasteiger partial charge >= 0.3 is 0 Å². The summed E-state index contributed by atoms with van der Waals surface area (Å²) in [5.41, 5.74) is 1.94. The molecule has 0 fully saturated rings. The van der Waals surface area contributed by atoms with E-state index in [2.05, 4.69) is 29.0 Å². The highest BCUT2D eigenvalue weighted by molar-refractivity contribution is 5.78. The van der Waals surface area contributed by atoms with E-state index < -0.39 is 0 Å². The zero-order valence-corrected chi connectivity index (χ0v) is 22.0. The summed E-state index contributed by atoms with van der Waals surface area (Å²) < 4.78 is 17.9. The first-order chi connectivity index (χ1) is 17.9. The highest BCUT2D eigenvalue weighted by Crippen LogP contribution is 2.34. The molecular formula is C30H37N3O4. The third kappa shape index (κ3) is 7.95. The molecule has 2 aromatic carbocycles. The highest BCUT2D eigenvalue weighted by atomic mass is 16.5. The SMILES string of the molecule is CCOc1ccc(CNC(=O)CN2CCCC(C)(C)COc3ccccc3Oc3ncccc3C2)cc1. The summed E-state index contributed by atoms with van der Waals surface area (Å²) in [4.78, 5) is 19.6. The van der Waals surface area contributed by atoms with Gasteiger partial charge in [-0.1, -0.05) is 44.2 Å². The number of fused-ring (bicyclic) bond motifs is 2. The molecule has 1 aliphatic heterocycles. The fourth-order valence-electron chi connectivity index (χ4n) is 4.31. The van der Waals surface area contributed by atoms with Gasteiger partial charge in [-0.15, -0.1) is 0 Å². The predicted molar refractivity (Wildman–Crippen MR) is 144 cm³/mol. The van der Waals surface area contributed by atoms with Gasteiger partial charge in [0.25, 0.3) is 0 Å². The van der Waals surface area contributed by atoms with Crippen molar-refractivity contribution in [2.24, 2.45) is 5.41 Å². The van der Waals surface area contributed by atoms with Gasteiger partial charge < -0.3 is 19.5 Å². The number of rotatable bonds is 6. The molecule has 0 spiro atoms. The lowest BCUT2D eigenvalue weighted by molar-refractivity contribution is -0.122. The molecule has 2 heterocycles. The molecule has 1 aromatic heterocycles. The number of nitrogens with one attached hydrogen (secondary N) is 1. The molecule has 1 N–H and O–H groups in total. The largest absolute Gasteiger partial charge is 0.494 e. The molecule has 0 aliphatic carbocycles. The zero-order chi connectivity index (χ0) is 26.1. The van der Waals surface area contributed by atoms with E-state index in [1.54, 1.807) is 6.20 Å². The first-order valence-electron chi connectivity index (χ1n) is 13.0. The number of benzene rings is 2. The average molecular weight is 504 g/mol. The molecule has 196 valence electrons. The van der Waals surface area contributed by atoms with Crippen molar-refractivity contribution in [3.05, 3.63) is 78.0 Å². The topological polar surface area (TPSA) is 72.9 Å². The number of nitrogens with zero attached hydrogens (tertiary/aromatic N) is 2. The van der Waals surface area contributed by atoms with Gasteiger partial charge in [0.05, 0.1) is 19.8 Å². The van der Waals surface area contributed by atoms with Crippen molar-refractivity contribution < 1.29 is 19.0 Å². The second kappa shape index (κ2) is 12.6. The molecule has 0 unspecified atom stereocenters. The van der Waals surface area contributed by atoms with Crippen molar-refractivity contribution in [3.8, 4) is 23.1 Å². The van der Waals surface area contributed by atoms with E-state index in [1.807, 2.05) is 67.6 Å². The summed E-state index contributed by atoms with van der Waals surface area (Å²) in [5.74, 6) is 2.68. The lowest BCUT2D eigenvalue weighted by Crippen LogP contribution is -2.37. The number of ether oxygens (including phenoxy) is 3. The molecule has 0 saturated heterocycles. The first-order valence-corrected chi connectivity index (χ1v) is 13.0. The van der Waals surface area contributed by atoms with Crippen molar-refractivity contribution in [2.75, 3.05) is 26.3 Å². The second-order valence-corrected chi connectivity index (χ2v) is 10.1. The highest BCUT2D eigenvalue weighted by Gasteiger charge is 2.23. The van der Waals surface area contributed by atoms with Crippen molar-refractivity contribution >= 4 is 5.91 Å². The summed E-state index contributed by atoms with van der Waals surface area (Å²) in [6, 6.07) is 19.4. The average Bonchev–Trinajstić information content (AvgIpc) is 2.89. The van der Waals surface area contributed by atoms with Crippen LogP contribution in [0.3, 0.4) is 0 Å². The number of carbonyl (C=O) groups is 1. The minimum Gasteiger partial charge on any atom is -0.494 e. The van der Waals surface area contributed by atoms with Crippen LogP contribution < -0.4 is 19.5 Å².